The maximum atomic E-state index is 6.10. The molecule has 2 saturated heterocycles. The van der Waals surface area contributed by atoms with Gasteiger partial charge in [-0.25, -0.2) is 0 Å². The van der Waals surface area contributed by atoms with E-state index in [2.05, 4.69) is 34.9 Å². The van der Waals surface area contributed by atoms with E-state index in [1.165, 1.54) is 89.7 Å². The van der Waals surface area contributed by atoms with E-state index in [4.69, 9.17) is 4.74 Å². The molecular weight excluding hydrogens is 332 g/mol. The molecule has 1 aromatic rings. The van der Waals surface area contributed by atoms with Crippen molar-refractivity contribution >= 4 is 0 Å². The lowest BCUT2D eigenvalue weighted by molar-refractivity contribution is 0.148. The van der Waals surface area contributed by atoms with Gasteiger partial charge in [0, 0.05) is 19.1 Å². The summed E-state index contributed by atoms with van der Waals surface area (Å²) in [6, 6.07) is 7.63. The van der Waals surface area contributed by atoms with Crippen LogP contribution in [-0.2, 0) is 12.8 Å². The van der Waals surface area contributed by atoms with Crippen molar-refractivity contribution in [3.63, 3.8) is 0 Å². The number of fused-ring (bicyclic) bond motifs is 1. The lowest BCUT2D eigenvalue weighted by atomic mass is 9.83. The number of hydrogen-bond donors (Lipinski definition) is 0. The Labute approximate surface area is 166 Å². The summed E-state index contributed by atoms with van der Waals surface area (Å²) in [4.78, 5) is 5.32. The van der Waals surface area contributed by atoms with E-state index in [1.807, 2.05) is 0 Å². The quantitative estimate of drug-likeness (QED) is 0.656. The van der Waals surface area contributed by atoms with E-state index in [9.17, 15) is 0 Å². The summed E-state index contributed by atoms with van der Waals surface area (Å²) in [5, 5.41) is 0. The normalized spacial score (nSPS) is 26.9. The first kappa shape index (κ1) is 19.3. The summed E-state index contributed by atoms with van der Waals surface area (Å²) >= 11 is 0. The van der Waals surface area contributed by atoms with Gasteiger partial charge in [0.15, 0.2) is 0 Å². The van der Waals surface area contributed by atoms with Crippen LogP contribution in [0.1, 0.15) is 63.0 Å². The van der Waals surface area contributed by atoms with E-state index >= 15 is 0 Å². The maximum absolute atomic E-state index is 6.10. The van der Waals surface area contributed by atoms with Crippen LogP contribution in [0.3, 0.4) is 0 Å². The van der Waals surface area contributed by atoms with E-state index in [-0.39, 0.29) is 0 Å². The second-order valence-electron chi connectivity index (χ2n) is 9.13. The predicted molar refractivity (Wildman–Crippen MR) is 113 cm³/mol. The maximum Gasteiger partial charge on any atom is 0.119 e. The predicted octanol–water partition coefficient (Wildman–Crippen LogP) is 4.53. The topological polar surface area (TPSA) is 15.7 Å². The molecule has 0 bridgehead atoms. The fourth-order valence-electron chi connectivity index (χ4n) is 5.33. The molecule has 150 valence electrons. The third-order valence-electron chi connectivity index (χ3n) is 7.02. The Bertz CT molecular complexity index is 596. The van der Waals surface area contributed by atoms with E-state index in [0.29, 0.717) is 0 Å². The van der Waals surface area contributed by atoms with Gasteiger partial charge in [-0.15, -0.1) is 0 Å². The summed E-state index contributed by atoms with van der Waals surface area (Å²) < 4.78 is 6.10. The lowest BCUT2D eigenvalue weighted by Crippen LogP contribution is -2.38. The van der Waals surface area contributed by atoms with Crippen LogP contribution < -0.4 is 4.74 Å². The molecule has 0 spiro atoms. The minimum absolute atomic E-state index is 0.760. The van der Waals surface area contributed by atoms with Crippen molar-refractivity contribution in [2.24, 2.45) is 5.92 Å². The average molecular weight is 371 g/mol. The van der Waals surface area contributed by atoms with Crippen molar-refractivity contribution in [2.45, 2.75) is 70.8 Å². The Balaban J connectivity index is 1.21. The fraction of sp³-hybridized carbons (Fsp3) is 0.750. The summed E-state index contributed by atoms with van der Waals surface area (Å²) in [5.41, 5.74) is 3.11. The molecule has 1 aliphatic carbocycles. The Kier molecular flexibility index (Phi) is 6.73. The van der Waals surface area contributed by atoms with Crippen LogP contribution in [0.25, 0.3) is 0 Å². The molecule has 0 radical (unpaired) electrons. The molecule has 0 aromatic heterocycles. The van der Waals surface area contributed by atoms with Crippen LogP contribution in [0.15, 0.2) is 18.2 Å². The largest absolute Gasteiger partial charge is 0.494 e. The zero-order valence-corrected chi connectivity index (χ0v) is 17.3. The van der Waals surface area contributed by atoms with E-state index in [1.54, 1.807) is 5.56 Å². The van der Waals surface area contributed by atoms with Crippen molar-refractivity contribution in [1.82, 2.24) is 9.80 Å². The van der Waals surface area contributed by atoms with Crippen LogP contribution in [0, 0.1) is 5.92 Å². The van der Waals surface area contributed by atoms with Gasteiger partial charge in [-0.2, -0.15) is 0 Å². The molecule has 3 nitrogen and oxygen atoms in total. The SMILES string of the molecule is CC1CCCCN1CCCOc1ccc2c(c1)CCC(CN1CCCC1)C2. The molecule has 4 rings (SSSR count). The van der Waals surface area contributed by atoms with Gasteiger partial charge >= 0.3 is 0 Å². The van der Waals surface area contributed by atoms with Gasteiger partial charge in [-0.1, -0.05) is 12.5 Å². The number of benzene rings is 1. The fourth-order valence-corrected chi connectivity index (χ4v) is 5.33. The molecule has 0 N–H and O–H groups in total. The van der Waals surface area contributed by atoms with Gasteiger partial charge in [0.05, 0.1) is 6.61 Å². The Morgan fingerprint density at radius 2 is 1.85 bits per heavy atom. The molecule has 3 heteroatoms. The molecule has 2 fully saturated rings. The number of hydrogen-bond acceptors (Lipinski definition) is 3. The first-order valence-corrected chi connectivity index (χ1v) is 11.5. The second kappa shape index (κ2) is 9.43. The monoisotopic (exact) mass is 370 g/mol. The molecule has 2 aliphatic heterocycles. The van der Waals surface area contributed by atoms with Crippen molar-refractivity contribution in [2.75, 3.05) is 39.3 Å². The summed E-state index contributed by atoms with van der Waals surface area (Å²) in [5.74, 6) is 1.94. The van der Waals surface area contributed by atoms with Crippen LogP contribution in [0.2, 0.25) is 0 Å². The van der Waals surface area contributed by atoms with Crippen molar-refractivity contribution in [3.05, 3.63) is 29.3 Å². The first-order valence-electron chi connectivity index (χ1n) is 11.5. The van der Waals surface area contributed by atoms with Gasteiger partial charge in [0.1, 0.15) is 5.75 Å². The van der Waals surface area contributed by atoms with Crippen LogP contribution in [-0.4, -0.2) is 55.2 Å². The smallest absolute Gasteiger partial charge is 0.119 e. The van der Waals surface area contributed by atoms with Crippen LogP contribution >= 0.6 is 0 Å². The highest BCUT2D eigenvalue weighted by Crippen LogP contribution is 2.30. The molecule has 2 atom stereocenters. The van der Waals surface area contributed by atoms with E-state index in [0.717, 1.165) is 30.7 Å². The zero-order chi connectivity index (χ0) is 18.5. The molecular formula is C24H38N2O. The Hall–Kier alpha value is -1.06. The van der Waals surface area contributed by atoms with Gasteiger partial charge in [-0.3, -0.25) is 0 Å². The van der Waals surface area contributed by atoms with Gasteiger partial charge in [0.25, 0.3) is 0 Å². The number of rotatable bonds is 7. The molecule has 1 aromatic carbocycles. The highest BCUT2D eigenvalue weighted by Gasteiger charge is 2.23. The minimum atomic E-state index is 0.760. The Morgan fingerprint density at radius 3 is 2.70 bits per heavy atom. The standard InChI is InChI=1S/C24H38N2O/c1-20-7-2-3-14-26(20)15-6-16-27-24-11-10-22-17-21(8-9-23(22)18-24)19-25-12-4-5-13-25/h10-11,18,20-21H,2-9,12-17,19H2,1H3. The molecule has 3 aliphatic rings. The third-order valence-corrected chi connectivity index (χ3v) is 7.02. The molecule has 2 heterocycles. The van der Waals surface area contributed by atoms with Crippen molar-refractivity contribution in [1.29, 1.82) is 0 Å². The number of piperidine rings is 1. The summed E-state index contributed by atoms with van der Waals surface area (Å²) in [7, 11) is 0. The molecule has 27 heavy (non-hydrogen) atoms. The van der Waals surface area contributed by atoms with Crippen molar-refractivity contribution in [3.8, 4) is 5.75 Å². The second-order valence-corrected chi connectivity index (χ2v) is 9.13. The molecule has 0 amide bonds. The lowest BCUT2D eigenvalue weighted by Gasteiger charge is -2.33. The highest BCUT2D eigenvalue weighted by molar-refractivity contribution is 5.37. The summed E-state index contributed by atoms with van der Waals surface area (Å²) in [6.07, 6.45) is 11.9. The minimum Gasteiger partial charge on any atom is -0.494 e. The first-order chi connectivity index (χ1) is 13.3. The zero-order valence-electron chi connectivity index (χ0n) is 17.3. The Morgan fingerprint density at radius 1 is 1.00 bits per heavy atom. The number of ether oxygens (including phenoxy) is 1. The number of likely N-dealkylation sites (tertiary alicyclic amines) is 2. The molecule has 0 saturated carbocycles. The average Bonchev–Trinajstić information content (AvgIpc) is 3.19. The third kappa shape index (κ3) is 5.26. The summed E-state index contributed by atoms with van der Waals surface area (Å²) in [6.45, 7) is 9.65. The van der Waals surface area contributed by atoms with Gasteiger partial charge < -0.3 is 14.5 Å². The number of nitrogens with zero attached hydrogens (tertiary/aromatic N) is 2. The highest BCUT2D eigenvalue weighted by atomic mass is 16.5. The van der Waals surface area contributed by atoms with Crippen LogP contribution in [0.4, 0.5) is 0 Å². The van der Waals surface area contributed by atoms with Gasteiger partial charge in [0.2, 0.25) is 0 Å². The van der Waals surface area contributed by atoms with Crippen LogP contribution in [0.5, 0.6) is 5.75 Å². The van der Waals surface area contributed by atoms with Gasteiger partial charge in [-0.05, 0) is 107 Å². The number of aryl methyl sites for hydroxylation is 1. The molecule has 2 unspecified atom stereocenters. The van der Waals surface area contributed by atoms with Crippen molar-refractivity contribution < 1.29 is 4.74 Å². The van der Waals surface area contributed by atoms with E-state index < -0.39 is 0 Å².